The number of halogens is 1. The maximum atomic E-state index is 13.8. The van der Waals surface area contributed by atoms with Crippen LogP contribution in [0.3, 0.4) is 0 Å². The lowest BCUT2D eigenvalue weighted by Crippen LogP contribution is -2.39. The Morgan fingerprint density at radius 3 is 2.86 bits per heavy atom. The summed E-state index contributed by atoms with van der Waals surface area (Å²) in [5.41, 5.74) is 0.483. The summed E-state index contributed by atoms with van der Waals surface area (Å²) in [4.78, 5) is 13.7. The van der Waals surface area contributed by atoms with E-state index in [1.807, 2.05) is 11.5 Å². The van der Waals surface area contributed by atoms with E-state index in [1.165, 1.54) is 11.0 Å². The van der Waals surface area contributed by atoms with Crippen LogP contribution in [0.1, 0.15) is 31.3 Å². The Balaban J connectivity index is 1.99. The third kappa shape index (κ3) is 3.41. The van der Waals surface area contributed by atoms with Crippen molar-refractivity contribution in [2.24, 2.45) is 0 Å². The molecular formula is C15H20FN5O. The first-order chi connectivity index (χ1) is 10.5. The number of benzene rings is 1. The number of carbonyl (C=O) groups is 1. The number of hydrogen-bond donors (Lipinski definition) is 1. The topological polar surface area (TPSA) is 63.1 Å². The Morgan fingerprint density at radius 2 is 2.18 bits per heavy atom. The molecule has 0 saturated carbocycles. The van der Waals surface area contributed by atoms with Crippen LogP contribution in [0.4, 0.5) is 9.18 Å². The summed E-state index contributed by atoms with van der Waals surface area (Å²) < 4.78 is 15.6. The molecule has 22 heavy (non-hydrogen) atoms. The molecule has 0 saturated heterocycles. The average molecular weight is 305 g/mol. The second-order valence-electron chi connectivity index (χ2n) is 5.00. The molecule has 6 nitrogen and oxygen atoms in total. The van der Waals surface area contributed by atoms with E-state index in [0.717, 1.165) is 6.54 Å². The normalized spacial score (nSPS) is 12.0. The molecular weight excluding hydrogens is 285 g/mol. The first-order valence-electron chi connectivity index (χ1n) is 7.16. The van der Waals surface area contributed by atoms with E-state index >= 15 is 0 Å². The zero-order valence-electron chi connectivity index (χ0n) is 13.0. The molecule has 0 radical (unpaired) electrons. The monoisotopic (exact) mass is 305 g/mol. The highest BCUT2D eigenvalue weighted by Crippen LogP contribution is 2.21. The minimum Gasteiger partial charge on any atom is -0.331 e. The Hall–Kier alpha value is -2.44. The van der Waals surface area contributed by atoms with E-state index in [-0.39, 0.29) is 24.4 Å². The number of carbonyl (C=O) groups excluding carboxylic acids is 1. The maximum Gasteiger partial charge on any atom is 0.318 e. The highest BCUT2D eigenvalue weighted by atomic mass is 19.1. The van der Waals surface area contributed by atoms with Gasteiger partial charge in [0.1, 0.15) is 12.1 Å². The molecule has 2 rings (SSSR count). The first-order valence-corrected chi connectivity index (χ1v) is 7.16. The number of nitrogens with one attached hydrogen (secondary N) is 1. The van der Waals surface area contributed by atoms with Gasteiger partial charge in [-0.1, -0.05) is 18.2 Å². The average Bonchev–Trinajstić information content (AvgIpc) is 2.99. The number of aromatic nitrogens is 3. The van der Waals surface area contributed by atoms with Gasteiger partial charge in [-0.15, -0.1) is 10.2 Å². The van der Waals surface area contributed by atoms with Crippen molar-refractivity contribution in [1.29, 1.82) is 0 Å². The Bertz CT molecular complexity index is 642. The van der Waals surface area contributed by atoms with Gasteiger partial charge in [-0.05, 0) is 19.9 Å². The fourth-order valence-corrected chi connectivity index (χ4v) is 2.16. The number of rotatable bonds is 5. The van der Waals surface area contributed by atoms with Crippen molar-refractivity contribution in [3.8, 4) is 0 Å². The molecule has 1 aromatic heterocycles. The molecule has 0 aliphatic rings. The van der Waals surface area contributed by atoms with Crippen LogP contribution >= 0.6 is 0 Å². The second-order valence-corrected chi connectivity index (χ2v) is 5.00. The van der Waals surface area contributed by atoms with Gasteiger partial charge in [-0.25, -0.2) is 9.18 Å². The Labute approximate surface area is 129 Å². The summed E-state index contributed by atoms with van der Waals surface area (Å²) in [6.45, 7) is 4.77. The molecule has 1 N–H and O–H groups in total. The molecule has 118 valence electrons. The third-order valence-corrected chi connectivity index (χ3v) is 3.69. The zero-order valence-corrected chi connectivity index (χ0v) is 13.0. The fraction of sp³-hybridized carbons (Fsp3) is 0.400. The molecule has 0 fully saturated rings. The number of hydrogen-bond acceptors (Lipinski definition) is 3. The molecule has 2 amide bonds. The molecule has 1 aromatic carbocycles. The molecule has 0 aliphatic heterocycles. The van der Waals surface area contributed by atoms with Crippen LogP contribution in [-0.4, -0.2) is 32.7 Å². The van der Waals surface area contributed by atoms with Gasteiger partial charge in [0.2, 0.25) is 0 Å². The van der Waals surface area contributed by atoms with E-state index in [1.54, 1.807) is 38.5 Å². The molecule has 7 heteroatoms. The summed E-state index contributed by atoms with van der Waals surface area (Å²) in [6, 6.07) is 5.79. The van der Waals surface area contributed by atoms with Crippen molar-refractivity contribution in [3.63, 3.8) is 0 Å². The first kappa shape index (κ1) is 15.9. The van der Waals surface area contributed by atoms with E-state index in [4.69, 9.17) is 0 Å². The Kier molecular flexibility index (Phi) is 5.08. The van der Waals surface area contributed by atoms with Crippen LogP contribution in [0.25, 0.3) is 0 Å². The maximum absolute atomic E-state index is 13.8. The van der Waals surface area contributed by atoms with Crippen molar-refractivity contribution in [2.75, 3.05) is 7.05 Å². The van der Waals surface area contributed by atoms with Crippen LogP contribution in [0.15, 0.2) is 30.6 Å². The van der Waals surface area contributed by atoms with Crippen molar-refractivity contribution in [1.82, 2.24) is 25.0 Å². The SMILES string of the molecule is CCn1cnnc1CNC(=O)N(C)[C@@H](C)c1ccccc1F. The zero-order chi connectivity index (χ0) is 16.1. The van der Waals surface area contributed by atoms with Gasteiger partial charge in [0.15, 0.2) is 5.82 Å². The Morgan fingerprint density at radius 1 is 1.45 bits per heavy atom. The molecule has 2 aromatic rings. The van der Waals surface area contributed by atoms with Crippen molar-refractivity contribution in [2.45, 2.75) is 33.0 Å². The van der Waals surface area contributed by atoms with Crippen molar-refractivity contribution >= 4 is 6.03 Å². The number of aryl methyl sites for hydroxylation is 1. The number of nitrogens with zero attached hydrogens (tertiary/aromatic N) is 4. The molecule has 0 unspecified atom stereocenters. The minimum absolute atomic E-state index is 0.279. The van der Waals surface area contributed by atoms with E-state index < -0.39 is 0 Å². The van der Waals surface area contributed by atoms with Crippen LogP contribution in [-0.2, 0) is 13.1 Å². The van der Waals surface area contributed by atoms with Gasteiger partial charge in [-0.3, -0.25) is 0 Å². The highest BCUT2D eigenvalue weighted by molar-refractivity contribution is 5.74. The lowest BCUT2D eigenvalue weighted by molar-refractivity contribution is 0.192. The molecule has 0 bridgehead atoms. The van der Waals surface area contributed by atoms with Crippen LogP contribution in [0.2, 0.25) is 0 Å². The summed E-state index contributed by atoms with van der Waals surface area (Å²) in [7, 11) is 1.64. The third-order valence-electron chi connectivity index (χ3n) is 3.69. The lowest BCUT2D eigenvalue weighted by atomic mass is 10.1. The summed E-state index contributed by atoms with van der Waals surface area (Å²) in [6.07, 6.45) is 1.62. The number of urea groups is 1. The van der Waals surface area contributed by atoms with Gasteiger partial charge in [-0.2, -0.15) is 0 Å². The van der Waals surface area contributed by atoms with E-state index in [2.05, 4.69) is 15.5 Å². The quantitative estimate of drug-likeness (QED) is 0.922. The predicted molar refractivity (Wildman–Crippen MR) is 80.5 cm³/mol. The standard InChI is InChI=1S/C15H20FN5O/c1-4-21-10-18-19-14(21)9-17-15(22)20(3)11(2)12-7-5-6-8-13(12)16/h5-8,10-11H,4,9H2,1-3H3,(H,17,22)/t11-/m0/s1. The summed E-state index contributed by atoms with van der Waals surface area (Å²) in [5, 5.41) is 10.5. The van der Waals surface area contributed by atoms with Gasteiger partial charge in [0.05, 0.1) is 12.6 Å². The van der Waals surface area contributed by atoms with Crippen molar-refractivity contribution in [3.05, 3.63) is 47.8 Å². The molecule has 0 spiro atoms. The van der Waals surface area contributed by atoms with Gasteiger partial charge >= 0.3 is 6.03 Å². The molecule has 1 heterocycles. The van der Waals surface area contributed by atoms with Crippen LogP contribution in [0.5, 0.6) is 0 Å². The smallest absolute Gasteiger partial charge is 0.318 e. The van der Waals surface area contributed by atoms with E-state index in [9.17, 15) is 9.18 Å². The fourth-order valence-electron chi connectivity index (χ4n) is 2.16. The second kappa shape index (κ2) is 7.02. The lowest BCUT2D eigenvalue weighted by Gasteiger charge is -2.25. The summed E-state index contributed by atoms with van der Waals surface area (Å²) >= 11 is 0. The van der Waals surface area contributed by atoms with Crippen LogP contribution in [0, 0.1) is 5.82 Å². The predicted octanol–water partition coefficient (Wildman–Crippen LogP) is 2.34. The van der Waals surface area contributed by atoms with Gasteiger partial charge in [0.25, 0.3) is 0 Å². The molecule has 1 atom stereocenters. The van der Waals surface area contributed by atoms with Gasteiger partial charge < -0.3 is 14.8 Å². The van der Waals surface area contributed by atoms with Crippen molar-refractivity contribution < 1.29 is 9.18 Å². The summed E-state index contributed by atoms with van der Waals surface area (Å²) in [5.74, 6) is 0.364. The van der Waals surface area contributed by atoms with E-state index in [0.29, 0.717) is 11.4 Å². The van der Waals surface area contributed by atoms with Crippen LogP contribution < -0.4 is 5.32 Å². The highest BCUT2D eigenvalue weighted by Gasteiger charge is 2.20. The molecule has 0 aliphatic carbocycles. The van der Waals surface area contributed by atoms with Gasteiger partial charge in [0, 0.05) is 19.2 Å². The largest absolute Gasteiger partial charge is 0.331 e. The minimum atomic E-state index is -0.370. The number of amides is 2.